The molecular formula is C17H20N4O. The maximum atomic E-state index is 12.2. The Labute approximate surface area is 130 Å². The summed E-state index contributed by atoms with van der Waals surface area (Å²) in [5, 5.41) is 11.4. The smallest absolute Gasteiger partial charge is 0.274 e. The van der Waals surface area contributed by atoms with E-state index < -0.39 is 0 Å². The molecule has 2 aromatic rings. The highest BCUT2D eigenvalue weighted by atomic mass is 16.2. The van der Waals surface area contributed by atoms with Crippen LogP contribution in [-0.2, 0) is 0 Å². The van der Waals surface area contributed by atoms with E-state index in [-0.39, 0.29) is 5.91 Å². The zero-order valence-corrected chi connectivity index (χ0v) is 13.0. The number of rotatable bonds is 3. The largest absolute Gasteiger partial charge is 0.339 e. The Hall–Kier alpha value is -2.43. The van der Waals surface area contributed by atoms with E-state index in [1.165, 1.54) is 5.56 Å². The van der Waals surface area contributed by atoms with Gasteiger partial charge in [0.15, 0.2) is 11.5 Å². The fourth-order valence-electron chi connectivity index (χ4n) is 2.60. The highest BCUT2D eigenvalue weighted by Gasteiger charge is 2.20. The van der Waals surface area contributed by atoms with Crippen molar-refractivity contribution in [2.45, 2.75) is 26.7 Å². The van der Waals surface area contributed by atoms with E-state index in [0.29, 0.717) is 11.5 Å². The van der Waals surface area contributed by atoms with Crippen LogP contribution in [0.4, 0.5) is 11.5 Å². The quantitative estimate of drug-likeness (QED) is 0.945. The second-order valence-electron chi connectivity index (χ2n) is 5.75. The Morgan fingerprint density at radius 2 is 1.86 bits per heavy atom. The van der Waals surface area contributed by atoms with Crippen LogP contribution in [-0.4, -0.2) is 34.1 Å². The minimum absolute atomic E-state index is 0.0247. The average Bonchev–Trinajstić information content (AvgIpc) is 3.05. The number of benzene rings is 1. The molecule has 1 aromatic heterocycles. The fraction of sp³-hybridized carbons (Fsp3) is 0.353. The molecule has 1 aromatic carbocycles. The SMILES string of the molecule is Cc1ccc(C)c(Nc2ccc(C(=O)N3CCCC3)nn2)c1. The Morgan fingerprint density at radius 3 is 2.55 bits per heavy atom. The van der Waals surface area contributed by atoms with Gasteiger partial charge >= 0.3 is 0 Å². The van der Waals surface area contributed by atoms with Crippen molar-refractivity contribution in [2.75, 3.05) is 18.4 Å². The molecule has 0 radical (unpaired) electrons. The highest BCUT2D eigenvalue weighted by molar-refractivity contribution is 5.92. The summed E-state index contributed by atoms with van der Waals surface area (Å²) in [7, 11) is 0. The van der Waals surface area contributed by atoms with Crippen LogP contribution in [0.1, 0.15) is 34.5 Å². The molecule has 0 bridgehead atoms. The van der Waals surface area contributed by atoms with Crippen LogP contribution in [0.25, 0.3) is 0 Å². The zero-order valence-electron chi connectivity index (χ0n) is 13.0. The molecule has 1 fully saturated rings. The lowest BCUT2D eigenvalue weighted by atomic mass is 10.1. The van der Waals surface area contributed by atoms with Gasteiger partial charge in [-0.3, -0.25) is 4.79 Å². The van der Waals surface area contributed by atoms with Crippen LogP contribution in [0.15, 0.2) is 30.3 Å². The Morgan fingerprint density at radius 1 is 1.09 bits per heavy atom. The summed E-state index contributed by atoms with van der Waals surface area (Å²) in [6.07, 6.45) is 2.15. The fourth-order valence-corrected chi connectivity index (χ4v) is 2.60. The summed E-state index contributed by atoms with van der Waals surface area (Å²) in [5.74, 6) is 0.620. The Balaban J connectivity index is 1.74. The molecule has 0 spiro atoms. The minimum atomic E-state index is -0.0247. The first-order chi connectivity index (χ1) is 10.6. The standard InChI is InChI=1S/C17H20N4O/c1-12-5-6-13(2)15(11-12)18-16-8-7-14(19-20-16)17(22)21-9-3-4-10-21/h5-8,11H,3-4,9-10H2,1-2H3,(H,18,20). The van der Waals surface area contributed by atoms with Gasteiger partial charge in [-0.2, -0.15) is 0 Å². The Kier molecular flexibility index (Phi) is 4.04. The van der Waals surface area contributed by atoms with Crippen LogP contribution in [0, 0.1) is 13.8 Å². The molecule has 114 valence electrons. The summed E-state index contributed by atoms with van der Waals surface area (Å²) in [6.45, 7) is 5.74. The van der Waals surface area contributed by atoms with Crippen molar-refractivity contribution in [1.82, 2.24) is 15.1 Å². The van der Waals surface area contributed by atoms with Gasteiger partial charge in [-0.1, -0.05) is 12.1 Å². The first-order valence-electron chi connectivity index (χ1n) is 7.61. The van der Waals surface area contributed by atoms with E-state index >= 15 is 0 Å². The molecule has 1 aliphatic rings. The average molecular weight is 296 g/mol. The first kappa shape index (κ1) is 14.5. The maximum Gasteiger partial charge on any atom is 0.274 e. The van der Waals surface area contributed by atoms with Crippen LogP contribution in [0.5, 0.6) is 0 Å². The molecule has 0 saturated carbocycles. The molecule has 1 amide bonds. The Bertz CT molecular complexity index is 676. The van der Waals surface area contributed by atoms with E-state index in [0.717, 1.165) is 37.2 Å². The van der Waals surface area contributed by atoms with Crippen LogP contribution >= 0.6 is 0 Å². The number of amides is 1. The monoisotopic (exact) mass is 296 g/mol. The number of likely N-dealkylation sites (tertiary alicyclic amines) is 1. The predicted octanol–water partition coefficient (Wildman–Crippen LogP) is 3.07. The molecule has 1 aliphatic heterocycles. The van der Waals surface area contributed by atoms with Crippen molar-refractivity contribution in [3.63, 3.8) is 0 Å². The number of carbonyl (C=O) groups is 1. The molecule has 2 heterocycles. The highest BCUT2D eigenvalue weighted by Crippen LogP contribution is 2.20. The van der Waals surface area contributed by atoms with Gasteiger partial charge in [-0.25, -0.2) is 0 Å². The van der Waals surface area contributed by atoms with Crippen molar-refractivity contribution in [3.8, 4) is 0 Å². The third-order valence-corrected chi connectivity index (χ3v) is 3.93. The topological polar surface area (TPSA) is 58.1 Å². The number of nitrogens with one attached hydrogen (secondary N) is 1. The van der Waals surface area contributed by atoms with E-state index in [1.54, 1.807) is 12.1 Å². The number of aromatic nitrogens is 2. The normalized spacial score (nSPS) is 14.2. The van der Waals surface area contributed by atoms with Gasteiger partial charge < -0.3 is 10.2 Å². The molecule has 5 nitrogen and oxygen atoms in total. The number of carbonyl (C=O) groups excluding carboxylic acids is 1. The number of hydrogen-bond donors (Lipinski definition) is 1. The number of aryl methyl sites for hydroxylation is 2. The number of hydrogen-bond acceptors (Lipinski definition) is 4. The van der Waals surface area contributed by atoms with Crippen molar-refractivity contribution < 1.29 is 4.79 Å². The molecule has 0 unspecified atom stereocenters. The predicted molar refractivity (Wildman–Crippen MR) is 86.4 cm³/mol. The molecule has 3 rings (SSSR count). The molecule has 5 heteroatoms. The summed E-state index contributed by atoms with van der Waals surface area (Å²) in [5.41, 5.74) is 3.74. The third-order valence-electron chi connectivity index (χ3n) is 3.93. The molecule has 0 aliphatic carbocycles. The summed E-state index contributed by atoms with van der Waals surface area (Å²) >= 11 is 0. The van der Waals surface area contributed by atoms with Crippen LogP contribution in [0.3, 0.4) is 0 Å². The van der Waals surface area contributed by atoms with Gasteiger partial charge in [0.2, 0.25) is 0 Å². The van der Waals surface area contributed by atoms with E-state index in [2.05, 4.69) is 33.7 Å². The lowest BCUT2D eigenvalue weighted by Gasteiger charge is -2.14. The molecule has 1 N–H and O–H groups in total. The van der Waals surface area contributed by atoms with Crippen molar-refractivity contribution in [3.05, 3.63) is 47.2 Å². The molecule has 0 atom stereocenters. The molecule has 1 saturated heterocycles. The maximum absolute atomic E-state index is 12.2. The lowest BCUT2D eigenvalue weighted by Crippen LogP contribution is -2.28. The van der Waals surface area contributed by atoms with Gasteiger partial charge in [0.1, 0.15) is 0 Å². The van der Waals surface area contributed by atoms with Crippen LogP contribution < -0.4 is 5.32 Å². The molecular weight excluding hydrogens is 276 g/mol. The van der Waals surface area contributed by atoms with Gasteiger partial charge in [0.25, 0.3) is 5.91 Å². The van der Waals surface area contributed by atoms with E-state index in [4.69, 9.17) is 0 Å². The van der Waals surface area contributed by atoms with Crippen molar-refractivity contribution in [1.29, 1.82) is 0 Å². The zero-order chi connectivity index (χ0) is 15.5. The number of nitrogens with zero attached hydrogens (tertiary/aromatic N) is 3. The second-order valence-corrected chi connectivity index (χ2v) is 5.75. The number of anilines is 2. The van der Waals surface area contributed by atoms with Gasteiger partial charge in [-0.15, -0.1) is 10.2 Å². The van der Waals surface area contributed by atoms with Crippen molar-refractivity contribution >= 4 is 17.4 Å². The minimum Gasteiger partial charge on any atom is -0.339 e. The first-order valence-corrected chi connectivity index (χ1v) is 7.61. The van der Waals surface area contributed by atoms with E-state index in [1.807, 2.05) is 18.7 Å². The lowest BCUT2D eigenvalue weighted by molar-refractivity contribution is 0.0786. The van der Waals surface area contributed by atoms with E-state index in [9.17, 15) is 4.79 Å². The second kappa shape index (κ2) is 6.13. The summed E-state index contributed by atoms with van der Waals surface area (Å²) in [6, 6.07) is 9.75. The van der Waals surface area contributed by atoms with Crippen LogP contribution in [0.2, 0.25) is 0 Å². The third kappa shape index (κ3) is 3.08. The molecule has 22 heavy (non-hydrogen) atoms. The summed E-state index contributed by atoms with van der Waals surface area (Å²) in [4.78, 5) is 14.1. The van der Waals surface area contributed by atoms with Gasteiger partial charge in [0, 0.05) is 18.8 Å². The van der Waals surface area contributed by atoms with Gasteiger partial charge in [0.05, 0.1) is 0 Å². The summed E-state index contributed by atoms with van der Waals surface area (Å²) < 4.78 is 0. The van der Waals surface area contributed by atoms with Crippen molar-refractivity contribution in [2.24, 2.45) is 0 Å². The van der Waals surface area contributed by atoms with Gasteiger partial charge in [-0.05, 0) is 56.0 Å².